The summed E-state index contributed by atoms with van der Waals surface area (Å²) < 4.78 is 43.4. The van der Waals surface area contributed by atoms with Crippen molar-refractivity contribution in [2.45, 2.75) is 44.6 Å². The first-order valence-corrected chi connectivity index (χ1v) is 11.6. The van der Waals surface area contributed by atoms with Crippen molar-refractivity contribution < 1.29 is 27.8 Å². The van der Waals surface area contributed by atoms with E-state index in [2.05, 4.69) is 25.3 Å². The van der Waals surface area contributed by atoms with E-state index < -0.39 is 24.0 Å². The summed E-state index contributed by atoms with van der Waals surface area (Å²) in [5.74, 6) is 1.16. The average molecular weight is 515 g/mol. The van der Waals surface area contributed by atoms with Crippen LogP contribution in [0.15, 0.2) is 36.7 Å². The van der Waals surface area contributed by atoms with E-state index in [0.717, 1.165) is 29.9 Å². The number of likely N-dealkylation sites (N-methyl/N-ethyl adjacent to an activating group) is 1. The first-order chi connectivity index (χ1) is 17.6. The van der Waals surface area contributed by atoms with Gasteiger partial charge in [-0.25, -0.2) is 15.0 Å². The highest BCUT2D eigenvalue weighted by atomic mass is 19.4. The Morgan fingerprint density at radius 1 is 1.19 bits per heavy atom. The van der Waals surface area contributed by atoms with Crippen LogP contribution in [0.2, 0.25) is 0 Å². The normalized spacial score (nSPS) is 17.9. The Balaban J connectivity index is 1.28. The van der Waals surface area contributed by atoms with Crippen LogP contribution in [-0.4, -0.2) is 56.7 Å². The van der Waals surface area contributed by atoms with Gasteiger partial charge in [-0.05, 0) is 37.5 Å². The maximum Gasteiger partial charge on any atom is 0.433 e. The number of aliphatic hydroxyl groups is 1. The lowest BCUT2D eigenvalue weighted by atomic mass is 10.00. The van der Waals surface area contributed by atoms with E-state index >= 15 is 0 Å². The summed E-state index contributed by atoms with van der Waals surface area (Å²) in [6.07, 6.45) is -1.34. The molecule has 2 aliphatic heterocycles. The summed E-state index contributed by atoms with van der Waals surface area (Å²) in [6.45, 7) is 2.50. The highest BCUT2D eigenvalue weighted by Crippen LogP contribution is 2.40. The zero-order valence-electron chi connectivity index (χ0n) is 20.0. The number of hydrogen-bond donors (Lipinski definition) is 2. The lowest BCUT2D eigenvalue weighted by Gasteiger charge is -2.43. The van der Waals surface area contributed by atoms with Gasteiger partial charge in [-0.15, -0.1) is 0 Å². The Labute approximate surface area is 210 Å². The van der Waals surface area contributed by atoms with E-state index in [1.165, 1.54) is 6.07 Å². The molecule has 13 heteroatoms. The monoisotopic (exact) mass is 515 g/mol. The summed E-state index contributed by atoms with van der Waals surface area (Å²) in [6, 6.07) is 4.65. The van der Waals surface area contributed by atoms with E-state index in [9.17, 15) is 23.1 Å². The van der Waals surface area contributed by atoms with Crippen LogP contribution in [-0.2, 0) is 23.9 Å². The molecular formula is C24H24F3N7O3. The van der Waals surface area contributed by atoms with Gasteiger partial charge in [0.15, 0.2) is 5.82 Å². The van der Waals surface area contributed by atoms with E-state index in [1.807, 2.05) is 0 Å². The van der Waals surface area contributed by atoms with Crippen LogP contribution < -0.4 is 19.9 Å². The lowest BCUT2D eigenvalue weighted by molar-refractivity contribution is -0.141. The summed E-state index contributed by atoms with van der Waals surface area (Å²) in [7, 11) is 1.74. The molecule has 0 aromatic carbocycles. The Hall–Kier alpha value is -4.00. The molecule has 5 rings (SSSR count). The molecule has 3 aromatic rings. The molecule has 1 amide bonds. The summed E-state index contributed by atoms with van der Waals surface area (Å²) in [4.78, 5) is 33.1. The second-order valence-corrected chi connectivity index (χ2v) is 8.89. The first-order valence-electron chi connectivity index (χ1n) is 11.6. The quantitative estimate of drug-likeness (QED) is 0.511. The predicted molar refractivity (Wildman–Crippen MR) is 127 cm³/mol. The van der Waals surface area contributed by atoms with Gasteiger partial charge in [0.2, 0.25) is 11.8 Å². The van der Waals surface area contributed by atoms with Crippen LogP contribution in [0.5, 0.6) is 11.6 Å². The van der Waals surface area contributed by atoms with Gasteiger partial charge in [-0.3, -0.25) is 4.79 Å². The molecule has 194 valence electrons. The van der Waals surface area contributed by atoms with E-state index in [1.54, 1.807) is 42.1 Å². The van der Waals surface area contributed by atoms with Gasteiger partial charge < -0.3 is 25.0 Å². The van der Waals surface area contributed by atoms with Crippen molar-refractivity contribution in [2.75, 3.05) is 28.7 Å². The highest BCUT2D eigenvalue weighted by Gasteiger charge is 2.43. The average Bonchev–Trinajstić information content (AvgIpc) is 2.86. The Morgan fingerprint density at radius 2 is 2.00 bits per heavy atom. The molecule has 37 heavy (non-hydrogen) atoms. The van der Waals surface area contributed by atoms with E-state index in [4.69, 9.17) is 4.74 Å². The summed E-state index contributed by atoms with van der Waals surface area (Å²) in [5, 5.41) is 13.4. The minimum atomic E-state index is -4.52. The molecule has 0 bridgehead atoms. The predicted octanol–water partition coefficient (Wildman–Crippen LogP) is 3.17. The molecule has 0 saturated heterocycles. The number of hydrogen-bond acceptors (Lipinski definition) is 9. The zero-order valence-corrected chi connectivity index (χ0v) is 20.0. The molecule has 0 fully saturated rings. The van der Waals surface area contributed by atoms with Crippen LogP contribution in [0.3, 0.4) is 0 Å². The third-order valence-corrected chi connectivity index (χ3v) is 6.23. The SMILES string of the molecule is C[C@@H](O)[C@H]1C(=O)N2CCCc3nc(NCc4ccc(Oc5ccc(C(F)(F)F)nc5)nc4)nc(c32)N1C. The summed E-state index contributed by atoms with van der Waals surface area (Å²) in [5.41, 5.74) is 1.26. The van der Waals surface area contributed by atoms with Gasteiger partial charge >= 0.3 is 6.18 Å². The fraction of sp³-hybridized carbons (Fsp3) is 0.375. The fourth-order valence-electron chi connectivity index (χ4n) is 4.47. The number of anilines is 3. The van der Waals surface area contributed by atoms with E-state index in [-0.39, 0.29) is 17.5 Å². The largest absolute Gasteiger partial charge is 0.437 e. The number of ether oxygens (including phenoxy) is 1. The smallest absolute Gasteiger partial charge is 0.433 e. The van der Waals surface area contributed by atoms with Crippen LogP contribution in [0.1, 0.15) is 30.3 Å². The second-order valence-electron chi connectivity index (χ2n) is 8.89. The summed E-state index contributed by atoms with van der Waals surface area (Å²) >= 11 is 0. The molecule has 2 aliphatic rings. The molecule has 0 spiro atoms. The van der Waals surface area contributed by atoms with Crippen molar-refractivity contribution in [1.82, 2.24) is 19.9 Å². The molecule has 10 nitrogen and oxygen atoms in total. The minimum Gasteiger partial charge on any atom is -0.437 e. The molecule has 5 heterocycles. The molecule has 0 saturated carbocycles. The number of pyridine rings is 2. The van der Waals surface area contributed by atoms with E-state index in [0.29, 0.717) is 37.0 Å². The number of carbonyl (C=O) groups excluding carboxylic acids is 1. The van der Waals surface area contributed by atoms with Gasteiger partial charge in [0.25, 0.3) is 5.91 Å². The van der Waals surface area contributed by atoms with Crippen LogP contribution in [0.25, 0.3) is 0 Å². The number of rotatable bonds is 6. The highest BCUT2D eigenvalue weighted by molar-refractivity contribution is 6.06. The van der Waals surface area contributed by atoms with Crippen LogP contribution >= 0.6 is 0 Å². The third kappa shape index (κ3) is 4.86. The fourth-order valence-corrected chi connectivity index (χ4v) is 4.47. The Kier molecular flexibility index (Phi) is 6.31. The number of nitrogens with zero attached hydrogens (tertiary/aromatic N) is 6. The molecule has 3 aromatic heterocycles. The molecule has 2 atom stereocenters. The van der Waals surface area contributed by atoms with Gasteiger partial charge in [0, 0.05) is 32.4 Å². The number of amides is 1. The minimum absolute atomic E-state index is 0.134. The van der Waals surface area contributed by atoms with Crippen molar-refractivity contribution in [3.05, 3.63) is 53.6 Å². The topological polar surface area (TPSA) is 117 Å². The Morgan fingerprint density at radius 3 is 2.65 bits per heavy atom. The molecule has 0 radical (unpaired) electrons. The number of alkyl halides is 3. The van der Waals surface area contributed by atoms with Crippen LogP contribution in [0, 0.1) is 0 Å². The number of nitrogens with one attached hydrogen (secondary N) is 1. The van der Waals surface area contributed by atoms with Crippen LogP contribution in [0.4, 0.5) is 30.6 Å². The second kappa shape index (κ2) is 9.47. The molecule has 2 N–H and O–H groups in total. The number of carbonyl (C=O) groups is 1. The van der Waals surface area contributed by atoms with Gasteiger partial charge in [-0.2, -0.15) is 18.2 Å². The standard InChI is InChI=1S/C24H24F3N7O3/c1-13(35)19-22(36)34-9-3-4-16-20(34)21(33(19)2)32-23(31-16)30-11-14-5-8-18(29-10-14)37-15-6-7-17(28-12-15)24(25,26)27/h5-8,10,12-13,19,35H,3-4,9,11H2,1-2H3,(H,30,31,32)/t13-,19+/m1/s1. The first kappa shape index (κ1) is 24.7. The lowest BCUT2D eigenvalue weighted by Crippen LogP contribution is -2.58. The molecule has 0 unspecified atom stereocenters. The molecular weight excluding hydrogens is 491 g/mol. The van der Waals surface area contributed by atoms with Crippen molar-refractivity contribution >= 4 is 23.4 Å². The van der Waals surface area contributed by atoms with Gasteiger partial charge in [0.1, 0.15) is 23.2 Å². The number of aliphatic hydroxyl groups excluding tert-OH is 1. The number of halogens is 3. The Bertz CT molecular complexity index is 1300. The zero-order chi connectivity index (χ0) is 26.3. The number of aromatic nitrogens is 4. The molecule has 0 aliphatic carbocycles. The maximum absolute atomic E-state index is 12.9. The third-order valence-electron chi connectivity index (χ3n) is 6.23. The number of aryl methyl sites for hydroxylation is 1. The maximum atomic E-state index is 12.9. The van der Waals surface area contributed by atoms with Crippen molar-refractivity contribution in [2.24, 2.45) is 0 Å². The van der Waals surface area contributed by atoms with Gasteiger partial charge in [-0.1, -0.05) is 6.07 Å². The van der Waals surface area contributed by atoms with Gasteiger partial charge in [0.05, 0.1) is 18.0 Å². The van der Waals surface area contributed by atoms with Crippen molar-refractivity contribution in [3.8, 4) is 11.6 Å². The van der Waals surface area contributed by atoms with Crippen molar-refractivity contribution in [1.29, 1.82) is 0 Å². The van der Waals surface area contributed by atoms with Crippen molar-refractivity contribution in [3.63, 3.8) is 0 Å².